The average molecular weight is 521 g/mol. The monoisotopic (exact) mass is 520 g/mol. The molecule has 7 nitrogen and oxygen atoms in total. The van der Waals surface area contributed by atoms with E-state index in [4.69, 9.17) is 5.41 Å². The summed E-state index contributed by atoms with van der Waals surface area (Å²) in [6.07, 6.45) is 2.17. The minimum absolute atomic E-state index is 0.0653. The molecule has 37 heavy (non-hydrogen) atoms. The van der Waals surface area contributed by atoms with Crippen LogP contribution in [0.25, 0.3) is 11.1 Å². The van der Waals surface area contributed by atoms with E-state index >= 15 is 0 Å². The van der Waals surface area contributed by atoms with E-state index in [-0.39, 0.29) is 16.8 Å². The summed E-state index contributed by atoms with van der Waals surface area (Å²) in [7, 11) is -3.37. The van der Waals surface area contributed by atoms with Crippen LogP contribution in [-0.4, -0.2) is 49.6 Å². The van der Waals surface area contributed by atoms with Gasteiger partial charge in [-0.2, -0.15) is 0 Å². The highest BCUT2D eigenvalue weighted by Gasteiger charge is 2.54. The first kappa shape index (κ1) is 25.1. The van der Waals surface area contributed by atoms with Gasteiger partial charge in [-0.3, -0.25) is 20.5 Å². The lowest BCUT2D eigenvalue weighted by atomic mass is 9.81. The highest BCUT2D eigenvalue weighted by Crippen LogP contribution is 2.43. The lowest BCUT2D eigenvalue weighted by molar-refractivity contribution is 0.123. The van der Waals surface area contributed by atoms with Gasteiger partial charge in [0.25, 0.3) is 0 Å². The Kier molecular flexibility index (Phi) is 6.37. The number of sulfone groups is 1. The minimum atomic E-state index is -3.37. The van der Waals surface area contributed by atoms with Crippen LogP contribution in [0.1, 0.15) is 25.3 Å². The van der Waals surface area contributed by atoms with Gasteiger partial charge in [-0.1, -0.05) is 42.5 Å². The van der Waals surface area contributed by atoms with Crippen molar-refractivity contribution >= 4 is 27.4 Å². The molecule has 2 aliphatic heterocycles. The molecule has 9 heteroatoms. The number of carbonyl (C=O) groups is 1. The zero-order valence-electron chi connectivity index (χ0n) is 20.7. The number of hydrogen-bond donors (Lipinski definition) is 2. The third-order valence-corrected chi connectivity index (χ3v) is 8.55. The zero-order valence-corrected chi connectivity index (χ0v) is 21.6. The minimum Gasteiger partial charge on any atom is -0.296 e. The second-order valence-corrected chi connectivity index (χ2v) is 11.9. The Morgan fingerprint density at radius 3 is 2.43 bits per heavy atom. The van der Waals surface area contributed by atoms with Crippen molar-refractivity contribution in [2.24, 2.45) is 0 Å². The molecule has 2 atom stereocenters. The summed E-state index contributed by atoms with van der Waals surface area (Å²) in [6.45, 7) is 3.52. The fourth-order valence-electron chi connectivity index (χ4n) is 5.49. The number of benzene rings is 3. The summed E-state index contributed by atoms with van der Waals surface area (Å²) in [5.74, 6) is -0.381. The summed E-state index contributed by atoms with van der Waals surface area (Å²) in [5, 5.41) is 11.4. The third kappa shape index (κ3) is 4.65. The molecule has 0 radical (unpaired) electrons. The van der Waals surface area contributed by atoms with Crippen molar-refractivity contribution in [1.82, 2.24) is 10.2 Å². The number of urea groups is 1. The fraction of sp³-hybridized carbons (Fsp3) is 0.286. The number of likely N-dealkylation sites (tertiary alicyclic amines) is 1. The van der Waals surface area contributed by atoms with Crippen molar-refractivity contribution in [3.05, 3.63) is 84.2 Å². The smallest absolute Gasteiger partial charge is 0.296 e. The molecule has 2 fully saturated rings. The normalized spacial score (nSPS) is 22.5. The third-order valence-electron chi connectivity index (χ3n) is 7.42. The number of anilines is 1. The van der Waals surface area contributed by atoms with Crippen molar-refractivity contribution in [2.45, 2.75) is 42.8 Å². The van der Waals surface area contributed by atoms with E-state index in [1.807, 2.05) is 18.2 Å². The number of nitrogens with one attached hydrogen (secondary N) is 2. The summed E-state index contributed by atoms with van der Waals surface area (Å²) in [6, 6.07) is 20.3. The van der Waals surface area contributed by atoms with Gasteiger partial charge in [-0.05, 0) is 61.2 Å². The molecular formula is C28H29FN4O3S. The average Bonchev–Trinajstić information content (AvgIpc) is 3.09. The van der Waals surface area contributed by atoms with Crippen molar-refractivity contribution < 1.29 is 17.6 Å². The molecule has 3 aromatic carbocycles. The Morgan fingerprint density at radius 2 is 1.78 bits per heavy atom. The zero-order chi connectivity index (χ0) is 26.4. The van der Waals surface area contributed by atoms with Crippen LogP contribution in [0.3, 0.4) is 0 Å². The van der Waals surface area contributed by atoms with Crippen molar-refractivity contribution in [2.75, 3.05) is 17.7 Å². The molecule has 3 aromatic rings. The molecule has 2 aliphatic rings. The quantitative estimate of drug-likeness (QED) is 0.504. The van der Waals surface area contributed by atoms with E-state index in [0.717, 1.165) is 12.8 Å². The van der Waals surface area contributed by atoms with Crippen molar-refractivity contribution in [1.29, 1.82) is 5.41 Å². The second kappa shape index (κ2) is 9.39. The molecule has 2 saturated heterocycles. The molecule has 2 unspecified atom stereocenters. The SMILES string of the molecule is CC1CC2(CCN1Cc1ccccc1)C(=N)NC(=O)N2c1cc(F)ccc1-c1ccc(S(C)(=O)=O)cc1. The van der Waals surface area contributed by atoms with Crippen LogP contribution in [0.15, 0.2) is 77.7 Å². The van der Waals surface area contributed by atoms with Crippen LogP contribution in [0.4, 0.5) is 14.9 Å². The summed E-state index contributed by atoms with van der Waals surface area (Å²) in [5.41, 5.74) is 1.86. The predicted molar refractivity (Wildman–Crippen MR) is 142 cm³/mol. The number of halogens is 1. The number of carbonyl (C=O) groups excluding carboxylic acids is 1. The maximum atomic E-state index is 14.6. The number of amidine groups is 1. The van der Waals surface area contributed by atoms with Crippen LogP contribution in [-0.2, 0) is 16.4 Å². The number of hydrogen-bond acceptors (Lipinski definition) is 5. The lowest BCUT2D eigenvalue weighted by Gasteiger charge is -2.47. The summed E-state index contributed by atoms with van der Waals surface area (Å²) >= 11 is 0. The van der Waals surface area contributed by atoms with Crippen LogP contribution in [0.5, 0.6) is 0 Å². The van der Waals surface area contributed by atoms with Gasteiger partial charge in [0.2, 0.25) is 0 Å². The molecule has 0 aliphatic carbocycles. The fourth-order valence-corrected chi connectivity index (χ4v) is 6.12. The molecule has 0 aromatic heterocycles. The number of rotatable bonds is 5. The number of amides is 2. The van der Waals surface area contributed by atoms with Gasteiger partial charge in [0, 0.05) is 31.0 Å². The van der Waals surface area contributed by atoms with E-state index in [0.29, 0.717) is 36.2 Å². The highest BCUT2D eigenvalue weighted by molar-refractivity contribution is 7.90. The molecule has 5 rings (SSSR count). The molecule has 2 amide bonds. The molecule has 192 valence electrons. The summed E-state index contributed by atoms with van der Waals surface area (Å²) in [4.78, 5) is 17.3. The standard InChI is InChI=1S/C28H29FN4O3S/c1-19-17-28(14-15-32(19)18-20-6-4-3-5-7-20)26(30)31-27(34)33(28)25-16-22(29)10-13-24(25)21-8-11-23(12-9-21)37(2,35)36/h3-13,16,19H,14-15,17-18H2,1-2H3,(H2,30,31,34). The Bertz CT molecular complexity index is 1460. The largest absolute Gasteiger partial charge is 0.328 e. The highest BCUT2D eigenvalue weighted by atomic mass is 32.2. The van der Waals surface area contributed by atoms with E-state index in [9.17, 15) is 17.6 Å². The summed E-state index contributed by atoms with van der Waals surface area (Å²) < 4.78 is 38.4. The van der Waals surface area contributed by atoms with E-state index < -0.39 is 27.2 Å². The topological polar surface area (TPSA) is 93.6 Å². The Morgan fingerprint density at radius 1 is 1.08 bits per heavy atom. The molecule has 0 bridgehead atoms. The van der Waals surface area contributed by atoms with E-state index in [1.54, 1.807) is 18.2 Å². The van der Waals surface area contributed by atoms with Gasteiger partial charge < -0.3 is 0 Å². The molecular weight excluding hydrogens is 491 g/mol. The maximum absolute atomic E-state index is 14.6. The lowest BCUT2D eigenvalue weighted by Crippen LogP contribution is -2.59. The first-order valence-electron chi connectivity index (χ1n) is 12.2. The van der Waals surface area contributed by atoms with Crippen LogP contribution in [0, 0.1) is 11.2 Å². The Hall–Kier alpha value is -3.56. The van der Waals surface area contributed by atoms with E-state index in [2.05, 4.69) is 29.3 Å². The van der Waals surface area contributed by atoms with Gasteiger partial charge in [-0.25, -0.2) is 17.6 Å². The van der Waals surface area contributed by atoms with Crippen LogP contribution in [0.2, 0.25) is 0 Å². The second-order valence-electron chi connectivity index (χ2n) is 9.89. The van der Waals surface area contributed by atoms with Gasteiger partial charge in [-0.15, -0.1) is 0 Å². The van der Waals surface area contributed by atoms with Gasteiger partial charge in [0.15, 0.2) is 9.84 Å². The Labute approximate surface area is 216 Å². The van der Waals surface area contributed by atoms with Gasteiger partial charge >= 0.3 is 6.03 Å². The molecule has 2 N–H and O–H groups in total. The Balaban J connectivity index is 1.51. The molecule has 1 spiro atoms. The first-order chi connectivity index (χ1) is 17.6. The van der Waals surface area contributed by atoms with Gasteiger partial charge in [0.05, 0.1) is 10.6 Å². The number of nitrogens with zero attached hydrogens (tertiary/aromatic N) is 2. The van der Waals surface area contributed by atoms with Crippen molar-refractivity contribution in [3.63, 3.8) is 0 Å². The van der Waals surface area contributed by atoms with Gasteiger partial charge in [0.1, 0.15) is 17.2 Å². The first-order valence-corrected chi connectivity index (χ1v) is 14.1. The van der Waals surface area contributed by atoms with Crippen molar-refractivity contribution in [3.8, 4) is 11.1 Å². The van der Waals surface area contributed by atoms with Crippen LogP contribution >= 0.6 is 0 Å². The molecule has 2 heterocycles. The van der Waals surface area contributed by atoms with E-state index in [1.165, 1.54) is 34.7 Å². The predicted octanol–water partition coefficient (Wildman–Crippen LogP) is 4.83. The number of piperidine rings is 1. The molecule has 0 saturated carbocycles. The van der Waals surface area contributed by atoms with Crippen LogP contribution < -0.4 is 10.2 Å². The maximum Gasteiger partial charge on any atom is 0.328 e.